The van der Waals surface area contributed by atoms with Gasteiger partial charge in [0.25, 0.3) is 0 Å². The summed E-state index contributed by atoms with van der Waals surface area (Å²) in [6.45, 7) is 4.51. The van der Waals surface area contributed by atoms with E-state index in [-0.39, 0.29) is 6.61 Å². The van der Waals surface area contributed by atoms with Gasteiger partial charge in [-0.05, 0) is 38.1 Å². The van der Waals surface area contributed by atoms with Gasteiger partial charge in [0.15, 0.2) is 0 Å². The first-order valence-corrected chi connectivity index (χ1v) is 8.57. The summed E-state index contributed by atoms with van der Waals surface area (Å²) in [5.41, 5.74) is 0. The van der Waals surface area contributed by atoms with Crippen LogP contribution in [0.3, 0.4) is 0 Å². The molecule has 108 valence electrons. The topological polar surface area (TPSA) is 69.6 Å². The second kappa shape index (κ2) is 7.43. The van der Waals surface area contributed by atoms with Crippen LogP contribution in [0.2, 0.25) is 0 Å². The zero-order chi connectivity index (χ0) is 13.6. The highest BCUT2D eigenvalue weighted by Crippen LogP contribution is 2.13. The van der Waals surface area contributed by atoms with E-state index in [9.17, 15) is 8.42 Å². The van der Waals surface area contributed by atoms with E-state index in [1.54, 1.807) is 4.31 Å². The maximum Gasteiger partial charge on any atom is 0.211 e. The van der Waals surface area contributed by atoms with E-state index in [1.165, 1.54) is 6.26 Å². The number of hydrogen-bond donors (Lipinski definition) is 2. The Balaban J connectivity index is 2.13. The van der Waals surface area contributed by atoms with Gasteiger partial charge in [0.05, 0.1) is 6.26 Å². The van der Waals surface area contributed by atoms with Crippen molar-refractivity contribution in [3.63, 3.8) is 0 Å². The van der Waals surface area contributed by atoms with Gasteiger partial charge in [-0.25, -0.2) is 12.7 Å². The van der Waals surface area contributed by atoms with Gasteiger partial charge in [-0.2, -0.15) is 0 Å². The number of nitrogens with one attached hydrogen (secondary N) is 1. The molecule has 1 rings (SSSR count). The van der Waals surface area contributed by atoms with Crippen molar-refractivity contribution in [1.29, 1.82) is 0 Å². The molecule has 0 amide bonds. The molecule has 1 heterocycles. The number of piperidine rings is 1. The Morgan fingerprint density at radius 3 is 2.50 bits per heavy atom. The van der Waals surface area contributed by atoms with Crippen molar-refractivity contribution < 1.29 is 13.5 Å². The summed E-state index contributed by atoms with van der Waals surface area (Å²) in [6, 6.07) is 0.437. The highest BCUT2D eigenvalue weighted by atomic mass is 32.2. The number of aliphatic hydroxyl groups is 1. The third-order valence-electron chi connectivity index (χ3n) is 3.54. The molecule has 0 aromatic carbocycles. The van der Waals surface area contributed by atoms with Crippen LogP contribution < -0.4 is 5.32 Å². The first-order valence-electron chi connectivity index (χ1n) is 6.73. The van der Waals surface area contributed by atoms with Crippen LogP contribution in [0.1, 0.15) is 32.6 Å². The third-order valence-corrected chi connectivity index (χ3v) is 4.84. The summed E-state index contributed by atoms with van der Waals surface area (Å²) < 4.78 is 24.2. The predicted octanol–water partition coefficient (Wildman–Crippen LogP) is 0.409. The highest BCUT2D eigenvalue weighted by Gasteiger charge is 2.24. The van der Waals surface area contributed by atoms with E-state index >= 15 is 0 Å². The van der Waals surface area contributed by atoms with Crippen LogP contribution in [0.5, 0.6) is 0 Å². The quantitative estimate of drug-likeness (QED) is 0.662. The van der Waals surface area contributed by atoms with E-state index in [0.29, 0.717) is 25.0 Å². The fourth-order valence-electron chi connectivity index (χ4n) is 2.24. The van der Waals surface area contributed by atoms with Crippen LogP contribution in [0.4, 0.5) is 0 Å². The molecule has 2 N–H and O–H groups in total. The van der Waals surface area contributed by atoms with Crippen molar-refractivity contribution in [2.24, 2.45) is 5.92 Å². The van der Waals surface area contributed by atoms with Crippen molar-refractivity contribution in [3.05, 3.63) is 0 Å². The van der Waals surface area contributed by atoms with Gasteiger partial charge in [0.2, 0.25) is 10.0 Å². The largest absolute Gasteiger partial charge is 0.396 e. The van der Waals surface area contributed by atoms with Crippen molar-refractivity contribution in [3.8, 4) is 0 Å². The summed E-state index contributed by atoms with van der Waals surface area (Å²) in [7, 11) is -3.01. The molecule has 0 spiro atoms. The molecule has 1 unspecified atom stereocenters. The molecule has 0 bridgehead atoms. The van der Waals surface area contributed by atoms with Crippen molar-refractivity contribution >= 4 is 10.0 Å². The first-order chi connectivity index (χ1) is 8.43. The van der Waals surface area contributed by atoms with Gasteiger partial charge in [-0.1, -0.05) is 6.92 Å². The van der Waals surface area contributed by atoms with E-state index in [2.05, 4.69) is 5.32 Å². The van der Waals surface area contributed by atoms with Crippen LogP contribution >= 0.6 is 0 Å². The maximum absolute atomic E-state index is 11.3. The van der Waals surface area contributed by atoms with Crippen LogP contribution in [-0.2, 0) is 10.0 Å². The van der Waals surface area contributed by atoms with Gasteiger partial charge >= 0.3 is 0 Å². The predicted molar refractivity (Wildman–Crippen MR) is 72.9 cm³/mol. The molecule has 0 aromatic heterocycles. The first kappa shape index (κ1) is 15.9. The van der Waals surface area contributed by atoms with Gasteiger partial charge in [0.1, 0.15) is 0 Å². The SMILES string of the molecule is CC(CO)CCCNC1CCN(S(C)(=O)=O)CC1. The lowest BCUT2D eigenvalue weighted by Crippen LogP contribution is -2.44. The molecule has 1 saturated heterocycles. The Morgan fingerprint density at radius 1 is 1.39 bits per heavy atom. The Bertz CT molecular complexity index is 324. The second-order valence-electron chi connectivity index (χ2n) is 5.32. The van der Waals surface area contributed by atoms with Crippen LogP contribution in [-0.4, -0.2) is 56.4 Å². The molecule has 0 radical (unpaired) electrons. The van der Waals surface area contributed by atoms with Crippen molar-refractivity contribution in [2.45, 2.75) is 38.6 Å². The summed E-state index contributed by atoms with van der Waals surface area (Å²) in [6.07, 6.45) is 5.15. The number of hydrogen-bond acceptors (Lipinski definition) is 4. The Hall–Kier alpha value is -0.170. The number of aliphatic hydroxyl groups excluding tert-OH is 1. The van der Waals surface area contributed by atoms with Gasteiger partial charge in [0, 0.05) is 25.7 Å². The van der Waals surface area contributed by atoms with E-state index in [4.69, 9.17) is 5.11 Å². The lowest BCUT2D eigenvalue weighted by atomic mass is 10.0. The monoisotopic (exact) mass is 278 g/mol. The standard InChI is InChI=1S/C12H26N2O3S/c1-11(10-15)4-3-7-13-12-5-8-14(9-6-12)18(2,16)17/h11-13,15H,3-10H2,1-2H3. The average Bonchev–Trinajstić information content (AvgIpc) is 2.33. The fraction of sp³-hybridized carbons (Fsp3) is 1.00. The van der Waals surface area contributed by atoms with Crippen molar-refractivity contribution in [1.82, 2.24) is 9.62 Å². The average molecular weight is 278 g/mol. The smallest absolute Gasteiger partial charge is 0.211 e. The molecule has 1 aliphatic heterocycles. The van der Waals surface area contributed by atoms with E-state index < -0.39 is 10.0 Å². The minimum atomic E-state index is -3.01. The van der Waals surface area contributed by atoms with E-state index in [0.717, 1.165) is 32.2 Å². The summed E-state index contributed by atoms with van der Waals surface area (Å²) in [5.74, 6) is 0.374. The molecule has 6 heteroatoms. The van der Waals surface area contributed by atoms with Gasteiger partial charge in [-0.3, -0.25) is 0 Å². The summed E-state index contributed by atoms with van der Waals surface area (Å²) in [5, 5.41) is 12.4. The van der Waals surface area contributed by atoms with Gasteiger partial charge in [-0.15, -0.1) is 0 Å². The number of nitrogens with zero attached hydrogens (tertiary/aromatic N) is 1. The number of rotatable bonds is 7. The van der Waals surface area contributed by atoms with Crippen molar-refractivity contribution in [2.75, 3.05) is 32.5 Å². The summed E-state index contributed by atoms with van der Waals surface area (Å²) >= 11 is 0. The van der Waals surface area contributed by atoms with Crippen LogP contribution in [0.25, 0.3) is 0 Å². The number of sulfonamides is 1. The lowest BCUT2D eigenvalue weighted by Gasteiger charge is -2.30. The summed E-state index contributed by atoms with van der Waals surface area (Å²) in [4.78, 5) is 0. The molecular formula is C12H26N2O3S. The Labute approximate surface area is 111 Å². The highest BCUT2D eigenvalue weighted by molar-refractivity contribution is 7.88. The minimum absolute atomic E-state index is 0.257. The minimum Gasteiger partial charge on any atom is -0.396 e. The lowest BCUT2D eigenvalue weighted by molar-refractivity contribution is 0.226. The zero-order valence-corrected chi connectivity index (χ0v) is 12.2. The zero-order valence-electron chi connectivity index (χ0n) is 11.4. The normalized spacial score (nSPS) is 21.1. The molecule has 1 aliphatic rings. The van der Waals surface area contributed by atoms with Crippen LogP contribution in [0.15, 0.2) is 0 Å². The Morgan fingerprint density at radius 2 is 2.00 bits per heavy atom. The van der Waals surface area contributed by atoms with Crippen LogP contribution in [0, 0.1) is 5.92 Å². The molecule has 18 heavy (non-hydrogen) atoms. The molecule has 1 atom stereocenters. The molecule has 0 aliphatic carbocycles. The second-order valence-corrected chi connectivity index (χ2v) is 7.30. The molecule has 5 nitrogen and oxygen atoms in total. The Kier molecular flexibility index (Phi) is 6.55. The van der Waals surface area contributed by atoms with E-state index in [1.807, 2.05) is 6.92 Å². The fourth-order valence-corrected chi connectivity index (χ4v) is 3.11. The molecular weight excluding hydrogens is 252 g/mol. The maximum atomic E-state index is 11.3. The molecule has 0 aromatic rings. The molecule has 1 fully saturated rings. The molecule has 0 saturated carbocycles. The third kappa shape index (κ3) is 5.65. The van der Waals surface area contributed by atoms with Gasteiger partial charge < -0.3 is 10.4 Å².